The highest BCUT2D eigenvalue weighted by Crippen LogP contribution is 2.21. The number of nitrogens with zero attached hydrogens (tertiary/aromatic N) is 1. The molecule has 0 aromatic carbocycles. The van der Waals surface area contributed by atoms with Gasteiger partial charge in [0.1, 0.15) is 0 Å². The van der Waals surface area contributed by atoms with E-state index in [1.54, 1.807) is 0 Å². The minimum absolute atomic E-state index is 0.433. The fraction of sp³-hybridized carbons (Fsp3) is 1.00. The van der Waals surface area contributed by atoms with Gasteiger partial charge in [-0.2, -0.15) is 11.8 Å². The second-order valence-electron chi connectivity index (χ2n) is 4.19. The highest BCUT2D eigenvalue weighted by atomic mass is 79.9. The zero-order valence-electron chi connectivity index (χ0n) is 7.98. The van der Waals surface area contributed by atoms with Crippen molar-refractivity contribution >= 4 is 27.7 Å². The molecule has 0 aromatic rings. The van der Waals surface area contributed by atoms with E-state index in [2.05, 4.69) is 46.4 Å². The van der Waals surface area contributed by atoms with Crippen molar-refractivity contribution in [1.29, 1.82) is 0 Å². The van der Waals surface area contributed by atoms with E-state index in [1.165, 1.54) is 31.1 Å². The van der Waals surface area contributed by atoms with Crippen LogP contribution in [0.3, 0.4) is 0 Å². The number of hydrogen-bond donors (Lipinski definition) is 0. The minimum atomic E-state index is 0.433. The van der Waals surface area contributed by atoms with E-state index in [4.69, 9.17) is 0 Å². The van der Waals surface area contributed by atoms with Crippen LogP contribution in [-0.4, -0.2) is 41.4 Å². The lowest BCUT2D eigenvalue weighted by atomic mass is 9.96. The number of halogens is 1. The van der Waals surface area contributed by atoms with Crippen LogP contribution in [0.15, 0.2) is 0 Å². The van der Waals surface area contributed by atoms with E-state index < -0.39 is 0 Å². The van der Waals surface area contributed by atoms with E-state index in [0.29, 0.717) is 5.41 Å². The first-order chi connectivity index (χ1) is 5.64. The molecular formula is C9H18BrNS. The Morgan fingerprint density at radius 3 is 2.42 bits per heavy atom. The third kappa shape index (κ3) is 3.67. The van der Waals surface area contributed by atoms with Crippen molar-refractivity contribution in [2.45, 2.75) is 13.8 Å². The molecule has 1 aliphatic heterocycles. The van der Waals surface area contributed by atoms with Gasteiger partial charge in [0, 0.05) is 36.5 Å². The molecule has 0 unspecified atom stereocenters. The molecule has 72 valence electrons. The Morgan fingerprint density at radius 1 is 1.33 bits per heavy atom. The summed E-state index contributed by atoms with van der Waals surface area (Å²) in [6, 6.07) is 0. The van der Waals surface area contributed by atoms with Crippen LogP contribution >= 0.6 is 27.7 Å². The summed E-state index contributed by atoms with van der Waals surface area (Å²) >= 11 is 5.64. The second-order valence-corrected chi connectivity index (χ2v) is 5.97. The number of thioether (sulfide) groups is 1. The molecule has 0 saturated carbocycles. The molecule has 1 rings (SSSR count). The fourth-order valence-electron chi connectivity index (χ4n) is 1.41. The Labute approximate surface area is 88.4 Å². The first-order valence-corrected chi connectivity index (χ1v) is 6.78. The standard InChI is InChI=1S/C9H18BrNS/c1-9(2,7-10)8-11-3-5-12-6-4-11/h3-8H2,1-2H3. The van der Waals surface area contributed by atoms with Crippen LogP contribution in [0.1, 0.15) is 13.8 Å². The Hall–Kier alpha value is 0.790. The summed E-state index contributed by atoms with van der Waals surface area (Å²) in [5, 5.41) is 1.10. The first kappa shape index (κ1) is 10.9. The zero-order valence-corrected chi connectivity index (χ0v) is 10.4. The minimum Gasteiger partial charge on any atom is -0.301 e. The normalized spacial score (nSPS) is 21.2. The van der Waals surface area contributed by atoms with Crippen LogP contribution < -0.4 is 0 Å². The molecule has 0 radical (unpaired) electrons. The summed E-state index contributed by atoms with van der Waals surface area (Å²) in [5.74, 6) is 2.64. The molecule has 12 heavy (non-hydrogen) atoms. The maximum absolute atomic E-state index is 3.57. The number of alkyl halides is 1. The largest absolute Gasteiger partial charge is 0.301 e. The van der Waals surface area contributed by atoms with Crippen molar-refractivity contribution in [3.05, 3.63) is 0 Å². The number of rotatable bonds is 3. The molecule has 0 atom stereocenters. The van der Waals surface area contributed by atoms with Gasteiger partial charge in [0.25, 0.3) is 0 Å². The maximum atomic E-state index is 3.57. The lowest BCUT2D eigenvalue weighted by Gasteiger charge is -2.33. The van der Waals surface area contributed by atoms with Gasteiger partial charge in [-0.3, -0.25) is 0 Å². The SMILES string of the molecule is CC(C)(CBr)CN1CCSCC1. The van der Waals surface area contributed by atoms with E-state index >= 15 is 0 Å². The molecular weight excluding hydrogens is 234 g/mol. The molecule has 1 fully saturated rings. The van der Waals surface area contributed by atoms with Gasteiger partial charge in [0.2, 0.25) is 0 Å². The summed E-state index contributed by atoms with van der Waals surface area (Å²) in [6.45, 7) is 8.44. The van der Waals surface area contributed by atoms with Crippen LogP contribution in [0, 0.1) is 5.41 Å². The van der Waals surface area contributed by atoms with Crippen molar-refractivity contribution in [3.8, 4) is 0 Å². The molecule has 0 aliphatic carbocycles. The molecule has 1 nitrogen and oxygen atoms in total. The van der Waals surface area contributed by atoms with Gasteiger partial charge in [-0.05, 0) is 5.41 Å². The summed E-state index contributed by atoms with van der Waals surface area (Å²) in [6.07, 6.45) is 0. The van der Waals surface area contributed by atoms with Crippen molar-refractivity contribution < 1.29 is 0 Å². The molecule has 0 spiro atoms. The van der Waals surface area contributed by atoms with Crippen molar-refractivity contribution in [2.24, 2.45) is 5.41 Å². The fourth-order valence-corrected chi connectivity index (χ4v) is 2.56. The molecule has 0 aromatic heterocycles. The van der Waals surface area contributed by atoms with Crippen LogP contribution in [0.4, 0.5) is 0 Å². The zero-order chi connectivity index (χ0) is 9.03. The lowest BCUT2D eigenvalue weighted by Crippen LogP contribution is -2.40. The molecule has 0 bridgehead atoms. The van der Waals surface area contributed by atoms with Crippen LogP contribution in [0.5, 0.6) is 0 Å². The lowest BCUT2D eigenvalue weighted by molar-refractivity contribution is 0.212. The van der Waals surface area contributed by atoms with Gasteiger partial charge in [-0.15, -0.1) is 0 Å². The van der Waals surface area contributed by atoms with Gasteiger partial charge in [-0.25, -0.2) is 0 Å². The molecule has 3 heteroatoms. The summed E-state index contributed by atoms with van der Waals surface area (Å²) in [7, 11) is 0. The molecule has 1 heterocycles. The van der Waals surface area contributed by atoms with Gasteiger partial charge < -0.3 is 4.90 Å². The summed E-state index contributed by atoms with van der Waals surface area (Å²) in [4.78, 5) is 2.58. The molecule has 1 aliphatic rings. The highest BCUT2D eigenvalue weighted by molar-refractivity contribution is 9.09. The Morgan fingerprint density at radius 2 is 1.92 bits per heavy atom. The average molecular weight is 252 g/mol. The molecule has 0 amide bonds. The third-order valence-corrected chi connectivity index (χ3v) is 4.58. The van der Waals surface area contributed by atoms with Gasteiger partial charge in [0.15, 0.2) is 0 Å². The highest BCUT2D eigenvalue weighted by Gasteiger charge is 2.21. The molecule has 0 N–H and O–H groups in total. The second kappa shape index (κ2) is 4.87. The monoisotopic (exact) mass is 251 g/mol. The van der Waals surface area contributed by atoms with Crippen molar-refractivity contribution in [2.75, 3.05) is 36.5 Å². The Bertz CT molecular complexity index is 132. The van der Waals surface area contributed by atoms with Crippen LogP contribution in [0.25, 0.3) is 0 Å². The van der Waals surface area contributed by atoms with Gasteiger partial charge in [0.05, 0.1) is 0 Å². The van der Waals surface area contributed by atoms with E-state index in [1.807, 2.05) is 0 Å². The van der Waals surface area contributed by atoms with E-state index in [-0.39, 0.29) is 0 Å². The van der Waals surface area contributed by atoms with Crippen LogP contribution in [-0.2, 0) is 0 Å². The summed E-state index contributed by atoms with van der Waals surface area (Å²) < 4.78 is 0. The van der Waals surface area contributed by atoms with Gasteiger partial charge >= 0.3 is 0 Å². The maximum Gasteiger partial charge on any atom is 0.00949 e. The Kier molecular flexibility index (Phi) is 4.41. The average Bonchev–Trinajstić information content (AvgIpc) is 2.06. The van der Waals surface area contributed by atoms with Crippen LogP contribution in [0.2, 0.25) is 0 Å². The summed E-state index contributed by atoms with van der Waals surface area (Å²) in [5.41, 5.74) is 0.433. The molecule has 1 saturated heterocycles. The quantitative estimate of drug-likeness (QED) is 0.710. The van der Waals surface area contributed by atoms with Gasteiger partial charge in [-0.1, -0.05) is 29.8 Å². The first-order valence-electron chi connectivity index (χ1n) is 4.50. The number of hydrogen-bond acceptors (Lipinski definition) is 2. The van der Waals surface area contributed by atoms with E-state index in [0.717, 1.165) is 5.33 Å². The topological polar surface area (TPSA) is 3.24 Å². The van der Waals surface area contributed by atoms with Crippen molar-refractivity contribution in [1.82, 2.24) is 4.90 Å². The van der Waals surface area contributed by atoms with E-state index in [9.17, 15) is 0 Å². The third-order valence-electron chi connectivity index (χ3n) is 2.12. The predicted octanol–water partition coefficient (Wildman–Crippen LogP) is 2.46. The smallest absolute Gasteiger partial charge is 0.00949 e. The predicted molar refractivity (Wildman–Crippen MR) is 61.3 cm³/mol. The Balaban J connectivity index is 2.28. The van der Waals surface area contributed by atoms with Crippen molar-refractivity contribution in [3.63, 3.8) is 0 Å².